The number of hydrogen-bond donors (Lipinski definition) is 2. The van der Waals surface area contributed by atoms with Gasteiger partial charge in [0, 0.05) is 49.0 Å². The van der Waals surface area contributed by atoms with Gasteiger partial charge in [0.1, 0.15) is 17.0 Å². The molecular formula is C19H23N7S. The Labute approximate surface area is 163 Å². The fraction of sp³-hybridized carbons (Fsp3) is 0.368. The molecule has 2 N–H and O–H groups in total. The third kappa shape index (κ3) is 3.20. The molecular weight excluding hydrogens is 358 g/mol. The Morgan fingerprint density at radius 1 is 1.11 bits per heavy atom. The Hall–Kier alpha value is -2.42. The number of hydrazine groups is 1. The van der Waals surface area contributed by atoms with Gasteiger partial charge in [0.05, 0.1) is 18.4 Å². The summed E-state index contributed by atoms with van der Waals surface area (Å²) in [5.74, 6) is 0.994. The van der Waals surface area contributed by atoms with Crippen molar-refractivity contribution < 1.29 is 0 Å². The first-order chi connectivity index (χ1) is 13.3. The van der Waals surface area contributed by atoms with Crippen LogP contribution in [0.5, 0.6) is 0 Å². The topological polar surface area (TPSA) is 59.0 Å². The number of thiazole rings is 1. The molecule has 27 heavy (non-hydrogen) atoms. The van der Waals surface area contributed by atoms with Crippen LogP contribution in [0.25, 0.3) is 10.6 Å². The first-order valence-corrected chi connectivity index (χ1v) is 10.2. The quantitative estimate of drug-likeness (QED) is 0.846. The minimum Gasteiger partial charge on any atom is -0.369 e. The van der Waals surface area contributed by atoms with E-state index in [1.54, 1.807) is 11.3 Å². The van der Waals surface area contributed by atoms with E-state index in [4.69, 9.17) is 4.98 Å². The van der Waals surface area contributed by atoms with Gasteiger partial charge in [0.15, 0.2) is 0 Å². The van der Waals surface area contributed by atoms with Crippen molar-refractivity contribution in [3.05, 3.63) is 47.4 Å². The summed E-state index contributed by atoms with van der Waals surface area (Å²) in [5, 5.41) is 3.19. The number of benzene rings is 1. The average Bonchev–Trinajstić information content (AvgIpc) is 3.36. The standard InChI is InChI=1S/C19H23N7S/c1-24-8-10-25(11-9-24)15-4-2-14(3-5-15)19-21-16(13-27-19)18-23-22-17-12-20-6-7-26(17)18/h2-6,12-13,18,22-23H,7-11H2,1H3. The molecule has 1 atom stereocenters. The van der Waals surface area contributed by atoms with Crippen LogP contribution >= 0.6 is 11.3 Å². The van der Waals surface area contributed by atoms with Crippen LogP contribution in [0.1, 0.15) is 11.9 Å². The molecule has 2 saturated heterocycles. The first-order valence-electron chi connectivity index (χ1n) is 9.27. The Morgan fingerprint density at radius 2 is 1.93 bits per heavy atom. The number of aromatic nitrogens is 1. The van der Waals surface area contributed by atoms with Gasteiger partial charge in [-0.1, -0.05) is 0 Å². The van der Waals surface area contributed by atoms with Gasteiger partial charge in [-0.25, -0.2) is 10.4 Å². The second-order valence-corrected chi connectivity index (χ2v) is 7.94. The molecule has 4 heterocycles. The molecule has 0 saturated carbocycles. The molecule has 0 bridgehead atoms. The van der Waals surface area contributed by atoms with Crippen molar-refractivity contribution in [2.75, 3.05) is 44.7 Å². The summed E-state index contributed by atoms with van der Waals surface area (Å²) in [6, 6.07) is 8.82. The second-order valence-electron chi connectivity index (χ2n) is 7.08. The molecule has 1 aromatic heterocycles. The SMILES string of the molecule is CN1CCN(c2ccc(-c3nc(C4NNC5=CN=CCN54)cs3)cc2)CC1. The highest BCUT2D eigenvalue weighted by atomic mass is 32.1. The summed E-state index contributed by atoms with van der Waals surface area (Å²) in [7, 11) is 2.19. The summed E-state index contributed by atoms with van der Waals surface area (Å²) < 4.78 is 0. The second kappa shape index (κ2) is 6.95. The Balaban J connectivity index is 1.31. The number of hydrogen-bond acceptors (Lipinski definition) is 8. The summed E-state index contributed by atoms with van der Waals surface area (Å²) in [5.41, 5.74) is 9.98. The summed E-state index contributed by atoms with van der Waals surface area (Å²) in [6.45, 7) is 5.21. The van der Waals surface area contributed by atoms with Crippen LogP contribution in [-0.4, -0.2) is 60.8 Å². The van der Waals surface area contributed by atoms with Gasteiger partial charge in [-0.05, 0) is 31.3 Å². The molecule has 5 rings (SSSR count). The zero-order valence-corrected chi connectivity index (χ0v) is 16.1. The molecule has 2 fully saturated rings. The first kappa shape index (κ1) is 16.7. The van der Waals surface area contributed by atoms with Gasteiger partial charge in [-0.3, -0.25) is 4.99 Å². The number of fused-ring (bicyclic) bond motifs is 1. The van der Waals surface area contributed by atoms with Gasteiger partial charge < -0.3 is 20.1 Å². The lowest BCUT2D eigenvalue weighted by atomic mass is 10.2. The van der Waals surface area contributed by atoms with E-state index in [0.29, 0.717) is 0 Å². The molecule has 0 spiro atoms. The smallest absolute Gasteiger partial charge is 0.142 e. The van der Waals surface area contributed by atoms with Crippen LogP contribution in [-0.2, 0) is 0 Å². The zero-order chi connectivity index (χ0) is 18.2. The van der Waals surface area contributed by atoms with Crippen molar-refractivity contribution in [3.63, 3.8) is 0 Å². The molecule has 0 amide bonds. The lowest BCUT2D eigenvalue weighted by Crippen LogP contribution is -2.44. The monoisotopic (exact) mass is 381 g/mol. The maximum absolute atomic E-state index is 4.89. The number of aliphatic imine (C=N–C) groups is 1. The fourth-order valence-electron chi connectivity index (χ4n) is 3.66. The molecule has 3 aliphatic rings. The number of piperazine rings is 1. The van der Waals surface area contributed by atoms with E-state index in [-0.39, 0.29) is 6.17 Å². The van der Waals surface area contributed by atoms with Crippen LogP contribution in [0.15, 0.2) is 46.7 Å². The van der Waals surface area contributed by atoms with Crippen LogP contribution in [0, 0.1) is 0 Å². The van der Waals surface area contributed by atoms with Crippen molar-refractivity contribution in [3.8, 4) is 10.6 Å². The normalized spacial score (nSPS) is 22.6. The van der Waals surface area contributed by atoms with Crippen molar-refractivity contribution in [1.29, 1.82) is 0 Å². The molecule has 2 aromatic rings. The lowest BCUT2D eigenvalue weighted by Gasteiger charge is -2.34. The van der Waals surface area contributed by atoms with Crippen molar-refractivity contribution in [2.24, 2.45) is 4.99 Å². The van der Waals surface area contributed by atoms with Crippen LogP contribution in [0.4, 0.5) is 5.69 Å². The Bertz CT molecular complexity index is 864. The maximum Gasteiger partial charge on any atom is 0.142 e. The van der Waals surface area contributed by atoms with E-state index in [1.165, 1.54) is 11.3 Å². The zero-order valence-electron chi connectivity index (χ0n) is 15.3. The molecule has 7 nitrogen and oxygen atoms in total. The van der Waals surface area contributed by atoms with Crippen molar-refractivity contribution in [1.82, 2.24) is 25.6 Å². The lowest BCUT2D eigenvalue weighted by molar-refractivity contribution is 0.308. The minimum atomic E-state index is 0.0395. The predicted octanol–water partition coefficient (Wildman–Crippen LogP) is 1.85. The Kier molecular flexibility index (Phi) is 4.31. The highest BCUT2D eigenvalue weighted by Gasteiger charge is 2.31. The molecule has 1 aromatic carbocycles. The summed E-state index contributed by atoms with van der Waals surface area (Å²) in [4.78, 5) is 16.1. The minimum absolute atomic E-state index is 0.0395. The molecule has 8 heteroatoms. The number of rotatable bonds is 3. The third-order valence-corrected chi connectivity index (χ3v) is 6.23. The highest BCUT2D eigenvalue weighted by Crippen LogP contribution is 2.31. The predicted molar refractivity (Wildman–Crippen MR) is 110 cm³/mol. The maximum atomic E-state index is 4.89. The molecule has 0 radical (unpaired) electrons. The van der Waals surface area contributed by atoms with E-state index in [1.807, 2.05) is 12.4 Å². The summed E-state index contributed by atoms with van der Waals surface area (Å²) in [6.07, 6.45) is 3.79. The number of nitrogens with zero attached hydrogens (tertiary/aromatic N) is 5. The Morgan fingerprint density at radius 3 is 2.74 bits per heavy atom. The van der Waals surface area contributed by atoms with E-state index in [9.17, 15) is 0 Å². The van der Waals surface area contributed by atoms with E-state index >= 15 is 0 Å². The van der Waals surface area contributed by atoms with E-state index in [0.717, 1.165) is 49.2 Å². The van der Waals surface area contributed by atoms with Gasteiger partial charge >= 0.3 is 0 Å². The van der Waals surface area contributed by atoms with Crippen LogP contribution in [0.3, 0.4) is 0 Å². The van der Waals surface area contributed by atoms with Gasteiger partial charge in [-0.2, -0.15) is 0 Å². The highest BCUT2D eigenvalue weighted by molar-refractivity contribution is 7.13. The van der Waals surface area contributed by atoms with Gasteiger partial charge in [0.25, 0.3) is 0 Å². The molecule has 0 aliphatic carbocycles. The largest absolute Gasteiger partial charge is 0.369 e. The van der Waals surface area contributed by atoms with Gasteiger partial charge in [0.2, 0.25) is 0 Å². The fourth-order valence-corrected chi connectivity index (χ4v) is 4.50. The molecule has 140 valence electrons. The van der Waals surface area contributed by atoms with Crippen LogP contribution < -0.4 is 15.8 Å². The van der Waals surface area contributed by atoms with Crippen molar-refractivity contribution in [2.45, 2.75) is 6.17 Å². The molecule has 1 unspecified atom stereocenters. The average molecular weight is 382 g/mol. The molecule has 3 aliphatic heterocycles. The van der Waals surface area contributed by atoms with Crippen LogP contribution in [0.2, 0.25) is 0 Å². The van der Waals surface area contributed by atoms with Gasteiger partial charge in [-0.15, -0.1) is 11.3 Å². The van der Waals surface area contributed by atoms with E-state index in [2.05, 4.69) is 67.2 Å². The number of likely N-dealkylation sites (N-methyl/N-ethyl adjacent to an activating group) is 1. The van der Waals surface area contributed by atoms with E-state index < -0.39 is 0 Å². The van der Waals surface area contributed by atoms with Crippen molar-refractivity contribution >= 4 is 23.2 Å². The third-order valence-electron chi connectivity index (χ3n) is 5.32. The number of anilines is 1. The number of nitrogens with one attached hydrogen (secondary N) is 2. The summed E-state index contributed by atoms with van der Waals surface area (Å²) >= 11 is 1.69.